The average molecular weight is 246 g/mol. The summed E-state index contributed by atoms with van der Waals surface area (Å²) in [6.07, 6.45) is 0.850. The van der Waals surface area contributed by atoms with Crippen LogP contribution in [0, 0.1) is 0 Å². The van der Waals surface area contributed by atoms with Crippen molar-refractivity contribution in [2.75, 3.05) is 47.1 Å². The SMILES string of the molecule is COCCNC(=NCC1(OC)CCOC1)NN. The number of hydrogen-bond acceptors (Lipinski definition) is 5. The van der Waals surface area contributed by atoms with Crippen LogP contribution >= 0.6 is 0 Å². The molecule has 1 rings (SSSR count). The third-order valence-corrected chi connectivity index (χ3v) is 2.76. The summed E-state index contributed by atoms with van der Waals surface area (Å²) >= 11 is 0. The number of guanidine groups is 1. The molecule has 100 valence electrons. The molecule has 1 aliphatic heterocycles. The van der Waals surface area contributed by atoms with Crippen molar-refractivity contribution in [3.63, 3.8) is 0 Å². The number of aliphatic imine (C=N–C) groups is 1. The largest absolute Gasteiger partial charge is 0.383 e. The summed E-state index contributed by atoms with van der Waals surface area (Å²) in [5, 5.41) is 3.03. The first kappa shape index (κ1) is 14.2. The molecule has 1 saturated heterocycles. The van der Waals surface area contributed by atoms with Gasteiger partial charge in [-0.1, -0.05) is 0 Å². The molecule has 0 bridgehead atoms. The highest BCUT2D eigenvalue weighted by molar-refractivity contribution is 5.79. The normalized spacial score (nSPS) is 25.0. The molecule has 17 heavy (non-hydrogen) atoms. The van der Waals surface area contributed by atoms with Crippen molar-refractivity contribution in [3.05, 3.63) is 0 Å². The Bertz CT molecular complexity index is 242. The van der Waals surface area contributed by atoms with Crippen molar-refractivity contribution in [2.45, 2.75) is 12.0 Å². The quantitative estimate of drug-likeness (QED) is 0.180. The van der Waals surface area contributed by atoms with Crippen LogP contribution in [0.15, 0.2) is 4.99 Å². The lowest BCUT2D eigenvalue weighted by Gasteiger charge is -2.23. The Kier molecular flexibility index (Phi) is 6.20. The van der Waals surface area contributed by atoms with Gasteiger partial charge in [0, 0.05) is 33.8 Å². The zero-order chi connectivity index (χ0) is 12.6. The highest BCUT2D eigenvalue weighted by Gasteiger charge is 2.34. The van der Waals surface area contributed by atoms with Crippen molar-refractivity contribution in [2.24, 2.45) is 10.8 Å². The van der Waals surface area contributed by atoms with Crippen molar-refractivity contribution in [1.29, 1.82) is 0 Å². The number of methoxy groups -OCH3 is 2. The van der Waals surface area contributed by atoms with Crippen LogP contribution < -0.4 is 16.6 Å². The third-order valence-electron chi connectivity index (χ3n) is 2.76. The van der Waals surface area contributed by atoms with Crippen LogP contribution in [0.3, 0.4) is 0 Å². The molecule has 1 fully saturated rings. The number of nitrogens with two attached hydrogens (primary N) is 1. The molecule has 0 spiro atoms. The van der Waals surface area contributed by atoms with Crippen LogP contribution in [-0.2, 0) is 14.2 Å². The molecule has 0 radical (unpaired) electrons. The molecule has 7 nitrogen and oxygen atoms in total. The van der Waals surface area contributed by atoms with Crippen LogP contribution in [0.25, 0.3) is 0 Å². The Hall–Kier alpha value is -0.890. The topological polar surface area (TPSA) is 90.1 Å². The lowest BCUT2D eigenvalue weighted by atomic mass is 10.0. The highest BCUT2D eigenvalue weighted by atomic mass is 16.5. The van der Waals surface area contributed by atoms with Gasteiger partial charge in [-0.15, -0.1) is 0 Å². The number of hydrogen-bond donors (Lipinski definition) is 3. The van der Waals surface area contributed by atoms with E-state index >= 15 is 0 Å². The monoisotopic (exact) mass is 246 g/mol. The molecule has 0 aromatic carbocycles. The van der Waals surface area contributed by atoms with E-state index in [9.17, 15) is 0 Å². The summed E-state index contributed by atoms with van der Waals surface area (Å²) in [5.74, 6) is 5.90. The van der Waals surface area contributed by atoms with E-state index in [-0.39, 0.29) is 5.60 Å². The summed E-state index contributed by atoms with van der Waals surface area (Å²) < 4.78 is 15.7. The molecule has 7 heteroatoms. The van der Waals surface area contributed by atoms with Crippen LogP contribution in [0.1, 0.15) is 6.42 Å². The van der Waals surface area contributed by atoms with Crippen LogP contribution in [0.5, 0.6) is 0 Å². The smallest absolute Gasteiger partial charge is 0.205 e. The molecule has 1 atom stereocenters. The molecule has 0 aromatic rings. The van der Waals surface area contributed by atoms with Gasteiger partial charge in [-0.2, -0.15) is 0 Å². The van der Waals surface area contributed by atoms with Crippen molar-refractivity contribution in [3.8, 4) is 0 Å². The van der Waals surface area contributed by atoms with Gasteiger partial charge in [0.15, 0.2) is 0 Å². The molecule has 1 unspecified atom stereocenters. The van der Waals surface area contributed by atoms with Gasteiger partial charge in [0.2, 0.25) is 5.96 Å². The van der Waals surface area contributed by atoms with Gasteiger partial charge in [-0.3, -0.25) is 5.43 Å². The second-order valence-electron chi connectivity index (χ2n) is 3.92. The van der Waals surface area contributed by atoms with E-state index in [0.29, 0.717) is 38.9 Å². The van der Waals surface area contributed by atoms with Gasteiger partial charge < -0.3 is 19.5 Å². The predicted molar refractivity (Wildman–Crippen MR) is 64.7 cm³/mol. The fourth-order valence-electron chi connectivity index (χ4n) is 1.59. The minimum Gasteiger partial charge on any atom is -0.383 e. The Morgan fingerprint density at radius 1 is 1.53 bits per heavy atom. The number of nitrogens with one attached hydrogen (secondary N) is 2. The van der Waals surface area contributed by atoms with Gasteiger partial charge in [0.25, 0.3) is 0 Å². The van der Waals surface area contributed by atoms with E-state index in [4.69, 9.17) is 20.1 Å². The minimum atomic E-state index is -0.314. The second-order valence-corrected chi connectivity index (χ2v) is 3.92. The Balaban J connectivity index is 2.42. The van der Waals surface area contributed by atoms with E-state index in [1.165, 1.54) is 0 Å². The van der Waals surface area contributed by atoms with Crippen molar-refractivity contribution in [1.82, 2.24) is 10.7 Å². The van der Waals surface area contributed by atoms with Crippen LogP contribution in [-0.4, -0.2) is 58.7 Å². The standard InChI is InChI=1S/C10H22N4O3/c1-15-6-4-12-9(14-11)13-7-10(16-2)3-5-17-8-10/h3-8,11H2,1-2H3,(H2,12,13,14). The summed E-state index contributed by atoms with van der Waals surface area (Å²) in [5.41, 5.74) is 2.20. The fourth-order valence-corrected chi connectivity index (χ4v) is 1.59. The molecular weight excluding hydrogens is 224 g/mol. The summed E-state index contributed by atoms with van der Waals surface area (Å²) in [6.45, 7) is 3.05. The maximum Gasteiger partial charge on any atom is 0.205 e. The first-order valence-corrected chi connectivity index (χ1v) is 5.63. The van der Waals surface area contributed by atoms with Gasteiger partial charge in [-0.25, -0.2) is 10.8 Å². The predicted octanol–water partition coefficient (Wildman–Crippen LogP) is -1.15. The highest BCUT2D eigenvalue weighted by Crippen LogP contribution is 2.22. The molecule has 0 saturated carbocycles. The van der Waals surface area contributed by atoms with Gasteiger partial charge in [0.05, 0.1) is 19.8 Å². The molecule has 1 heterocycles. The number of hydrazine groups is 1. The average Bonchev–Trinajstić information content (AvgIpc) is 2.83. The third kappa shape index (κ3) is 4.47. The number of nitrogens with zero attached hydrogens (tertiary/aromatic N) is 1. The molecule has 4 N–H and O–H groups in total. The summed E-state index contributed by atoms with van der Waals surface area (Å²) in [4.78, 5) is 4.35. The number of ether oxygens (including phenoxy) is 3. The lowest BCUT2D eigenvalue weighted by molar-refractivity contribution is -0.00909. The van der Waals surface area contributed by atoms with E-state index < -0.39 is 0 Å². The Morgan fingerprint density at radius 3 is 2.88 bits per heavy atom. The Labute approximate surface area is 102 Å². The minimum absolute atomic E-state index is 0.314. The zero-order valence-electron chi connectivity index (χ0n) is 10.5. The van der Waals surface area contributed by atoms with Gasteiger partial charge in [-0.05, 0) is 0 Å². The maximum absolute atomic E-state index is 5.47. The zero-order valence-corrected chi connectivity index (χ0v) is 10.5. The maximum atomic E-state index is 5.47. The first-order chi connectivity index (χ1) is 8.26. The Morgan fingerprint density at radius 2 is 2.35 bits per heavy atom. The second kappa shape index (κ2) is 7.44. The molecular formula is C10H22N4O3. The lowest BCUT2D eigenvalue weighted by Crippen LogP contribution is -2.44. The van der Waals surface area contributed by atoms with Crippen molar-refractivity contribution >= 4 is 5.96 Å². The fraction of sp³-hybridized carbons (Fsp3) is 0.900. The summed E-state index contributed by atoms with van der Waals surface area (Å²) in [6, 6.07) is 0. The molecule has 0 aromatic heterocycles. The van der Waals surface area contributed by atoms with E-state index in [2.05, 4.69) is 15.7 Å². The van der Waals surface area contributed by atoms with Gasteiger partial charge in [0.1, 0.15) is 5.60 Å². The first-order valence-electron chi connectivity index (χ1n) is 5.63. The summed E-state index contributed by atoms with van der Waals surface area (Å²) in [7, 11) is 3.32. The van der Waals surface area contributed by atoms with Crippen molar-refractivity contribution < 1.29 is 14.2 Å². The van der Waals surface area contributed by atoms with Gasteiger partial charge >= 0.3 is 0 Å². The number of rotatable bonds is 6. The van der Waals surface area contributed by atoms with Crippen LogP contribution in [0.2, 0.25) is 0 Å². The van der Waals surface area contributed by atoms with E-state index in [1.54, 1.807) is 14.2 Å². The molecule has 0 aliphatic carbocycles. The van der Waals surface area contributed by atoms with E-state index in [0.717, 1.165) is 6.42 Å². The molecule has 1 aliphatic rings. The van der Waals surface area contributed by atoms with E-state index in [1.807, 2.05) is 0 Å². The molecule has 0 amide bonds. The van der Waals surface area contributed by atoms with Crippen LogP contribution in [0.4, 0.5) is 0 Å².